The number of aromatic nitrogens is 4. The zero-order valence-electron chi connectivity index (χ0n) is 16.9. The highest BCUT2D eigenvalue weighted by Crippen LogP contribution is 2.25. The van der Waals surface area contributed by atoms with Crippen molar-refractivity contribution in [3.8, 4) is 5.75 Å². The van der Waals surface area contributed by atoms with Crippen LogP contribution in [-0.4, -0.2) is 39.9 Å². The second-order valence-corrected chi connectivity index (χ2v) is 9.74. The van der Waals surface area contributed by atoms with Crippen molar-refractivity contribution in [3.05, 3.63) is 89.4 Å². The van der Waals surface area contributed by atoms with Crippen molar-refractivity contribution < 1.29 is 13.2 Å². The van der Waals surface area contributed by atoms with Crippen LogP contribution in [-0.2, 0) is 16.4 Å². The lowest BCUT2D eigenvalue weighted by molar-refractivity contribution is 0.340. The number of sulfone groups is 1. The summed E-state index contributed by atoms with van der Waals surface area (Å²) in [6.45, 7) is 0.539. The van der Waals surface area contributed by atoms with E-state index < -0.39 is 9.84 Å². The topological polar surface area (TPSA) is 78.5 Å². The second kappa shape index (κ2) is 8.29. The number of hydrogen-bond donors (Lipinski definition) is 0. The fraction of sp³-hybridized carbons (Fsp3) is 0.130. The number of ether oxygens (including phenoxy) is 1. The van der Waals surface area contributed by atoms with Gasteiger partial charge in [-0.2, -0.15) is 0 Å². The molecule has 0 aliphatic heterocycles. The minimum Gasteiger partial charge on any atom is -0.493 e. The van der Waals surface area contributed by atoms with Crippen LogP contribution in [0.5, 0.6) is 5.75 Å². The van der Waals surface area contributed by atoms with Crippen molar-refractivity contribution in [3.63, 3.8) is 0 Å². The summed E-state index contributed by atoms with van der Waals surface area (Å²) in [6, 6.07) is 24.3. The van der Waals surface area contributed by atoms with Gasteiger partial charge < -0.3 is 9.30 Å². The first kappa shape index (κ1) is 20.5. The molecule has 0 unspecified atom stereocenters. The molecule has 0 radical (unpaired) electrons. The fourth-order valence-corrected chi connectivity index (χ4v) is 4.89. The molecule has 0 atom stereocenters. The van der Waals surface area contributed by atoms with E-state index in [1.165, 1.54) is 0 Å². The molecule has 0 bridgehead atoms. The zero-order valence-corrected chi connectivity index (χ0v) is 18.5. The molecule has 0 fully saturated rings. The van der Waals surface area contributed by atoms with Crippen molar-refractivity contribution in [1.29, 1.82) is 0 Å². The monoisotopic (exact) mass is 466 g/mol. The van der Waals surface area contributed by atoms with Crippen molar-refractivity contribution in [2.75, 3.05) is 12.4 Å². The molecule has 9 heteroatoms. The van der Waals surface area contributed by atoms with Gasteiger partial charge in [-0.25, -0.2) is 12.8 Å². The average Bonchev–Trinajstić information content (AvgIpc) is 3.36. The Morgan fingerprint density at radius 1 is 0.844 bits per heavy atom. The van der Waals surface area contributed by atoms with Crippen LogP contribution in [0.1, 0.15) is 5.56 Å². The smallest absolute Gasteiger partial charge is 0.256 e. The molecular weight excluding hydrogens is 448 g/mol. The number of halogens is 1. The molecule has 162 valence electrons. The van der Waals surface area contributed by atoms with Gasteiger partial charge in [-0.15, -0.1) is 10.2 Å². The highest BCUT2D eigenvalue weighted by Gasteiger charge is 2.26. The second-order valence-electron chi connectivity index (χ2n) is 7.30. The third-order valence-electron chi connectivity index (χ3n) is 5.17. The van der Waals surface area contributed by atoms with Gasteiger partial charge in [0.15, 0.2) is 0 Å². The third-order valence-corrected chi connectivity index (χ3v) is 6.94. The predicted octanol–water partition coefficient (Wildman–Crippen LogP) is 4.24. The number of rotatable bonds is 7. The average molecular weight is 467 g/mol. The van der Waals surface area contributed by atoms with Crippen LogP contribution in [0.3, 0.4) is 0 Å². The Bertz CT molecular complexity index is 1490. The van der Waals surface area contributed by atoms with E-state index >= 15 is 0 Å². The Labute approximate surface area is 189 Å². The SMILES string of the molecule is O=S(=O)(CCOc1ccc(Cl)cc1)c1nnc2n(Cc3ccccc3)c3ccccc3n12. The van der Waals surface area contributed by atoms with Crippen LogP contribution in [0.25, 0.3) is 16.8 Å². The number of hydrogen-bond acceptors (Lipinski definition) is 5. The zero-order chi connectivity index (χ0) is 22.1. The summed E-state index contributed by atoms with van der Waals surface area (Å²) in [6.07, 6.45) is 0. The lowest BCUT2D eigenvalue weighted by atomic mass is 10.2. The summed E-state index contributed by atoms with van der Waals surface area (Å²) >= 11 is 5.87. The van der Waals surface area contributed by atoms with Crippen LogP contribution in [0, 0.1) is 0 Å². The molecule has 5 aromatic rings. The highest BCUT2D eigenvalue weighted by atomic mass is 35.5. The van der Waals surface area contributed by atoms with Gasteiger partial charge in [-0.1, -0.05) is 54.1 Å². The number of benzene rings is 3. The van der Waals surface area contributed by atoms with E-state index in [1.807, 2.05) is 59.2 Å². The van der Waals surface area contributed by atoms with Gasteiger partial charge in [0.1, 0.15) is 12.4 Å². The minimum atomic E-state index is -3.75. The molecule has 3 aromatic carbocycles. The fourth-order valence-electron chi connectivity index (χ4n) is 3.65. The molecule has 0 amide bonds. The van der Waals surface area contributed by atoms with E-state index in [2.05, 4.69) is 10.2 Å². The Hall–Kier alpha value is -3.36. The first-order valence-electron chi connectivity index (χ1n) is 10.0. The summed E-state index contributed by atoms with van der Waals surface area (Å²) in [5.41, 5.74) is 2.70. The van der Waals surface area contributed by atoms with E-state index in [0.717, 1.165) is 16.6 Å². The van der Waals surface area contributed by atoms with Gasteiger partial charge in [0.25, 0.3) is 5.16 Å². The largest absolute Gasteiger partial charge is 0.493 e. The summed E-state index contributed by atoms with van der Waals surface area (Å²) in [5.74, 6) is 0.803. The van der Waals surface area contributed by atoms with Crippen molar-refractivity contribution >= 4 is 38.2 Å². The van der Waals surface area contributed by atoms with Crippen molar-refractivity contribution in [2.24, 2.45) is 0 Å². The molecule has 0 saturated heterocycles. The van der Waals surface area contributed by atoms with Gasteiger partial charge in [0, 0.05) is 5.02 Å². The van der Waals surface area contributed by atoms with E-state index in [1.54, 1.807) is 28.7 Å². The molecule has 0 aliphatic carbocycles. The molecular formula is C23H19ClN4O3S. The molecule has 2 aromatic heterocycles. The van der Waals surface area contributed by atoms with Gasteiger partial charge in [0.2, 0.25) is 15.6 Å². The quantitative estimate of drug-likeness (QED) is 0.358. The summed E-state index contributed by atoms with van der Waals surface area (Å²) in [5, 5.41) is 8.78. The predicted molar refractivity (Wildman–Crippen MR) is 123 cm³/mol. The van der Waals surface area contributed by atoms with Gasteiger partial charge in [-0.3, -0.25) is 0 Å². The molecule has 5 rings (SSSR count). The van der Waals surface area contributed by atoms with Crippen LogP contribution in [0.2, 0.25) is 5.02 Å². The van der Waals surface area contributed by atoms with Crippen molar-refractivity contribution in [2.45, 2.75) is 11.7 Å². The number of fused-ring (bicyclic) bond motifs is 3. The lowest BCUT2D eigenvalue weighted by Gasteiger charge is -2.06. The number of para-hydroxylation sites is 2. The lowest BCUT2D eigenvalue weighted by Crippen LogP contribution is -2.16. The molecule has 0 aliphatic rings. The molecule has 0 N–H and O–H groups in total. The van der Waals surface area contributed by atoms with Crippen molar-refractivity contribution in [1.82, 2.24) is 19.2 Å². The van der Waals surface area contributed by atoms with Crippen LogP contribution in [0.4, 0.5) is 0 Å². The van der Waals surface area contributed by atoms with E-state index in [9.17, 15) is 8.42 Å². The number of nitrogens with zero attached hydrogens (tertiary/aromatic N) is 4. The van der Waals surface area contributed by atoms with E-state index in [0.29, 0.717) is 23.1 Å². The van der Waals surface area contributed by atoms with Gasteiger partial charge in [-0.05, 0) is 42.0 Å². The summed E-state index contributed by atoms with van der Waals surface area (Å²) in [4.78, 5) is 0. The van der Waals surface area contributed by atoms with Crippen LogP contribution < -0.4 is 4.74 Å². The molecule has 32 heavy (non-hydrogen) atoms. The Morgan fingerprint density at radius 3 is 2.28 bits per heavy atom. The first-order chi connectivity index (χ1) is 15.5. The summed E-state index contributed by atoms with van der Waals surface area (Å²) in [7, 11) is -3.75. The van der Waals surface area contributed by atoms with Crippen LogP contribution in [0.15, 0.2) is 84.0 Å². The molecule has 0 saturated carbocycles. The van der Waals surface area contributed by atoms with Crippen LogP contribution >= 0.6 is 11.6 Å². The van der Waals surface area contributed by atoms with E-state index in [-0.39, 0.29) is 17.5 Å². The molecule has 2 heterocycles. The molecule has 0 spiro atoms. The first-order valence-corrected chi connectivity index (χ1v) is 12.0. The third kappa shape index (κ3) is 3.83. The standard InChI is InChI=1S/C23H19ClN4O3S/c24-18-10-12-19(13-11-18)31-14-15-32(29,30)23-26-25-22-27(16-17-6-2-1-3-7-17)20-8-4-5-9-21(20)28(22)23/h1-13H,14-16H2. The highest BCUT2D eigenvalue weighted by molar-refractivity contribution is 7.91. The Morgan fingerprint density at radius 2 is 1.53 bits per heavy atom. The molecule has 7 nitrogen and oxygen atoms in total. The Kier molecular flexibility index (Phi) is 5.32. The van der Waals surface area contributed by atoms with Gasteiger partial charge in [0.05, 0.1) is 23.3 Å². The maximum absolute atomic E-state index is 13.1. The minimum absolute atomic E-state index is 0.0124. The normalized spacial score (nSPS) is 11.9. The maximum Gasteiger partial charge on any atom is 0.256 e. The Balaban J connectivity index is 1.49. The maximum atomic E-state index is 13.1. The van der Waals surface area contributed by atoms with E-state index in [4.69, 9.17) is 16.3 Å². The number of imidazole rings is 1. The van der Waals surface area contributed by atoms with Gasteiger partial charge >= 0.3 is 0 Å². The summed E-state index contributed by atoms with van der Waals surface area (Å²) < 4.78 is 35.4.